The number of carbonyl (C=O) groups excluding carboxylic acids is 1. The van der Waals surface area contributed by atoms with Gasteiger partial charge in [-0.2, -0.15) is 0 Å². The third-order valence-electron chi connectivity index (χ3n) is 2.14. The standard InChI is InChI=1S/C12H14FNO/c1-3-14(2)12(15)9-6-10-4-7-11(13)8-5-10/h4-9H,3H2,1-2H3/b9-6+. The summed E-state index contributed by atoms with van der Waals surface area (Å²) in [5.41, 5.74) is 0.814. The van der Waals surface area contributed by atoms with Crippen molar-refractivity contribution in [2.75, 3.05) is 13.6 Å². The Bertz CT molecular complexity index is 356. The van der Waals surface area contributed by atoms with Crippen molar-refractivity contribution in [2.24, 2.45) is 0 Å². The van der Waals surface area contributed by atoms with E-state index >= 15 is 0 Å². The van der Waals surface area contributed by atoms with Crippen molar-refractivity contribution < 1.29 is 9.18 Å². The molecule has 0 heterocycles. The van der Waals surface area contributed by atoms with Crippen molar-refractivity contribution >= 4 is 12.0 Å². The highest BCUT2D eigenvalue weighted by Crippen LogP contribution is 2.04. The maximum absolute atomic E-state index is 12.6. The van der Waals surface area contributed by atoms with Crippen LogP contribution in [0.1, 0.15) is 12.5 Å². The Morgan fingerprint density at radius 3 is 2.53 bits per heavy atom. The second-order valence-electron chi connectivity index (χ2n) is 3.24. The smallest absolute Gasteiger partial charge is 0.246 e. The van der Waals surface area contributed by atoms with Crippen LogP contribution in [0.2, 0.25) is 0 Å². The second kappa shape index (κ2) is 5.29. The molecule has 0 N–H and O–H groups in total. The molecule has 0 spiro atoms. The second-order valence-corrected chi connectivity index (χ2v) is 3.24. The molecule has 1 rings (SSSR count). The van der Waals surface area contributed by atoms with Crippen LogP contribution < -0.4 is 0 Å². The Kier molecular flexibility index (Phi) is 4.03. The molecule has 1 aromatic rings. The number of carbonyl (C=O) groups is 1. The van der Waals surface area contributed by atoms with Gasteiger partial charge in [0, 0.05) is 19.7 Å². The molecule has 15 heavy (non-hydrogen) atoms. The Hall–Kier alpha value is -1.64. The van der Waals surface area contributed by atoms with Gasteiger partial charge in [0.15, 0.2) is 0 Å². The summed E-state index contributed by atoms with van der Waals surface area (Å²) in [4.78, 5) is 13.0. The summed E-state index contributed by atoms with van der Waals surface area (Å²) in [6.45, 7) is 2.58. The van der Waals surface area contributed by atoms with Gasteiger partial charge in [0.2, 0.25) is 5.91 Å². The van der Waals surface area contributed by atoms with E-state index in [1.807, 2.05) is 6.92 Å². The van der Waals surface area contributed by atoms with E-state index in [9.17, 15) is 9.18 Å². The van der Waals surface area contributed by atoms with Crippen molar-refractivity contribution in [1.82, 2.24) is 4.90 Å². The molecular formula is C12H14FNO. The fourth-order valence-corrected chi connectivity index (χ4v) is 1.02. The number of benzene rings is 1. The van der Waals surface area contributed by atoms with E-state index in [1.165, 1.54) is 18.2 Å². The minimum Gasteiger partial charge on any atom is -0.343 e. The monoisotopic (exact) mass is 207 g/mol. The van der Waals surface area contributed by atoms with Crippen molar-refractivity contribution in [3.63, 3.8) is 0 Å². The molecule has 0 aromatic heterocycles. The number of hydrogen-bond acceptors (Lipinski definition) is 1. The molecule has 2 nitrogen and oxygen atoms in total. The summed E-state index contributed by atoms with van der Waals surface area (Å²) in [5.74, 6) is -0.328. The highest BCUT2D eigenvalue weighted by molar-refractivity contribution is 5.91. The molecule has 1 amide bonds. The first kappa shape index (κ1) is 11.4. The molecule has 0 aliphatic rings. The van der Waals surface area contributed by atoms with Crippen LogP contribution in [0.15, 0.2) is 30.3 Å². The number of rotatable bonds is 3. The zero-order chi connectivity index (χ0) is 11.3. The SMILES string of the molecule is CCN(C)C(=O)/C=C/c1ccc(F)cc1. The highest BCUT2D eigenvalue weighted by atomic mass is 19.1. The number of halogens is 1. The molecule has 80 valence electrons. The highest BCUT2D eigenvalue weighted by Gasteiger charge is 2.00. The van der Waals surface area contributed by atoms with Gasteiger partial charge in [-0.25, -0.2) is 4.39 Å². The quantitative estimate of drug-likeness (QED) is 0.696. The van der Waals surface area contributed by atoms with Gasteiger partial charge in [-0.3, -0.25) is 4.79 Å². The van der Waals surface area contributed by atoms with Crippen LogP contribution >= 0.6 is 0 Å². The lowest BCUT2D eigenvalue weighted by molar-refractivity contribution is -0.124. The fourth-order valence-electron chi connectivity index (χ4n) is 1.02. The molecule has 0 fully saturated rings. The lowest BCUT2D eigenvalue weighted by Gasteiger charge is -2.10. The minimum atomic E-state index is -0.274. The molecule has 1 aromatic carbocycles. The van der Waals surface area contributed by atoms with Gasteiger partial charge in [-0.15, -0.1) is 0 Å². The molecule has 0 saturated carbocycles. The minimum absolute atomic E-state index is 0.0539. The van der Waals surface area contributed by atoms with Gasteiger partial charge in [-0.1, -0.05) is 12.1 Å². The lowest BCUT2D eigenvalue weighted by atomic mass is 10.2. The Morgan fingerprint density at radius 2 is 2.00 bits per heavy atom. The molecule has 0 bridgehead atoms. The van der Waals surface area contributed by atoms with Gasteiger partial charge in [0.05, 0.1) is 0 Å². The zero-order valence-electron chi connectivity index (χ0n) is 8.90. The molecule has 0 saturated heterocycles. The Labute approximate surface area is 89.0 Å². The fraction of sp³-hybridized carbons (Fsp3) is 0.250. The van der Waals surface area contributed by atoms with Crippen LogP contribution in [0.25, 0.3) is 6.08 Å². The van der Waals surface area contributed by atoms with E-state index in [-0.39, 0.29) is 11.7 Å². The first-order chi connectivity index (χ1) is 7.13. The number of amides is 1. The first-order valence-electron chi connectivity index (χ1n) is 4.82. The molecular weight excluding hydrogens is 193 g/mol. The molecule has 3 heteroatoms. The van der Waals surface area contributed by atoms with E-state index in [2.05, 4.69) is 0 Å². The number of hydrogen-bond donors (Lipinski definition) is 0. The first-order valence-corrected chi connectivity index (χ1v) is 4.82. The Balaban J connectivity index is 2.65. The normalized spacial score (nSPS) is 10.6. The van der Waals surface area contributed by atoms with Crippen molar-refractivity contribution in [1.29, 1.82) is 0 Å². The molecule has 0 aliphatic heterocycles. The van der Waals surface area contributed by atoms with Crippen LogP contribution in [-0.4, -0.2) is 24.4 Å². The summed E-state index contributed by atoms with van der Waals surface area (Å²) in [7, 11) is 1.73. The largest absolute Gasteiger partial charge is 0.343 e. The predicted molar refractivity (Wildman–Crippen MR) is 58.7 cm³/mol. The summed E-state index contributed by atoms with van der Waals surface area (Å²) in [6, 6.07) is 6.00. The third-order valence-corrected chi connectivity index (χ3v) is 2.14. The van der Waals surface area contributed by atoms with Crippen LogP contribution in [0.5, 0.6) is 0 Å². The average Bonchev–Trinajstić information content (AvgIpc) is 2.26. The van der Waals surface area contributed by atoms with E-state index in [1.54, 1.807) is 30.2 Å². The molecule has 0 atom stereocenters. The van der Waals surface area contributed by atoms with Gasteiger partial charge < -0.3 is 4.90 Å². The van der Waals surface area contributed by atoms with E-state index in [4.69, 9.17) is 0 Å². The summed E-state index contributed by atoms with van der Waals surface area (Å²) in [5, 5.41) is 0. The average molecular weight is 207 g/mol. The maximum Gasteiger partial charge on any atom is 0.246 e. The number of likely N-dealkylation sites (N-methyl/N-ethyl adjacent to an activating group) is 1. The van der Waals surface area contributed by atoms with Gasteiger partial charge in [-0.05, 0) is 30.7 Å². The van der Waals surface area contributed by atoms with Crippen LogP contribution in [0.3, 0.4) is 0 Å². The van der Waals surface area contributed by atoms with E-state index in [0.717, 1.165) is 5.56 Å². The lowest BCUT2D eigenvalue weighted by Crippen LogP contribution is -2.23. The van der Waals surface area contributed by atoms with Crippen molar-refractivity contribution in [3.8, 4) is 0 Å². The van der Waals surface area contributed by atoms with Crippen molar-refractivity contribution in [2.45, 2.75) is 6.92 Å². The maximum atomic E-state index is 12.6. The summed E-state index contributed by atoms with van der Waals surface area (Å²) in [6.07, 6.45) is 3.16. The van der Waals surface area contributed by atoms with Gasteiger partial charge in [0.25, 0.3) is 0 Å². The van der Waals surface area contributed by atoms with E-state index < -0.39 is 0 Å². The van der Waals surface area contributed by atoms with Crippen LogP contribution in [0, 0.1) is 5.82 Å². The number of nitrogens with zero attached hydrogens (tertiary/aromatic N) is 1. The summed E-state index contributed by atoms with van der Waals surface area (Å²) >= 11 is 0. The molecule has 0 radical (unpaired) electrons. The van der Waals surface area contributed by atoms with Gasteiger partial charge >= 0.3 is 0 Å². The predicted octanol–water partition coefficient (Wildman–Crippen LogP) is 2.32. The third kappa shape index (κ3) is 3.54. The molecule has 0 unspecified atom stereocenters. The van der Waals surface area contributed by atoms with Crippen LogP contribution in [-0.2, 0) is 4.79 Å². The van der Waals surface area contributed by atoms with E-state index in [0.29, 0.717) is 6.54 Å². The van der Waals surface area contributed by atoms with Crippen molar-refractivity contribution in [3.05, 3.63) is 41.7 Å². The topological polar surface area (TPSA) is 20.3 Å². The Morgan fingerprint density at radius 1 is 1.40 bits per heavy atom. The van der Waals surface area contributed by atoms with Crippen LogP contribution in [0.4, 0.5) is 4.39 Å². The molecule has 0 aliphatic carbocycles. The van der Waals surface area contributed by atoms with Gasteiger partial charge in [0.1, 0.15) is 5.82 Å². The zero-order valence-corrected chi connectivity index (χ0v) is 8.90. The summed E-state index contributed by atoms with van der Waals surface area (Å²) < 4.78 is 12.6.